The summed E-state index contributed by atoms with van der Waals surface area (Å²) < 4.78 is 1.74. The minimum absolute atomic E-state index is 0.158. The zero-order valence-corrected chi connectivity index (χ0v) is 9.72. The van der Waals surface area contributed by atoms with Crippen molar-refractivity contribution in [1.82, 2.24) is 9.78 Å². The van der Waals surface area contributed by atoms with Crippen LogP contribution in [-0.2, 0) is 13.5 Å². The van der Waals surface area contributed by atoms with Crippen molar-refractivity contribution in [2.75, 3.05) is 6.54 Å². The molecule has 4 heteroatoms. The maximum atomic E-state index is 10.0. The Labute approximate surface area is 91.1 Å². The molecule has 2 atom stereocenters. The van der Waals surface area contributed by atoms with Gasteiger partial charge in [-0.25, -0.2) is 0 Å². The van der Waals surface area contributed by atoms with E-state index < -0.39 is 0 Å². The van der Waals surface area contributed by atoms with E-state index >= 15 is 0 Å². The first-order chi connectivity index (χ1) is 7.04. The Morgan fingerprint density at radius 3 is 2.60 bits per heavy atom. The second-order valence-electron chi connectivity index (χ2n) is 4.44. The number of aliphatic hydroxyl groups is 1. The van der Waals surface area contributed by atoms with Crippen molar-refractivity contribution in [2.45, 2.75) is 26.4 Å². The molecule has 0 aliphatic carbocycles. The maximum Gasteiger partial charge on any atom is 0.0624 e. The second-order valence-corrected chi connectivity index (χ2v) is 4.44. The van der Waals surface area contributed by atoms with Gasteiger partial charge in [-0.05, 0) is 23.9 Å². The van der Waals surface area contributed by atoms with Crippen LogP contribution in [0.25, 0.3) is 0 Å². The molecule has 0 fully saturated rings. The predicted molar refractivity (Wildman–Crippen MR) is 60.3 cm³/mol. The summed E-state index contributed by atoms with van der Waals surface area (Å²) in [6.45, 7) is 4.70. The maximum absolute atomic E-state index is 10.0. The van der Waals surface area contributed by atoms with E-state index in [0.717, 1.165) is 5.56 Å². The van der Waals surface area contributed by atoms with E-state index in [0.29, 0.717) is 18.9 Å². The van der Waals surface area contributed by atoms with Gasteiger partial charge in [0.05, 0.1) is 12.3 Å². The molecule has 0 amide bonds. The molecule has 0 aliphatic heterocycles. The normalized spacial score (nSPS) is 15.6. The highest BCUT2D eigenvalue weighted by Crippen LogP contribution is 2.17. The molecule has 1 rings (SSSR count). The van der Waals surface area contributed by atoms with Crippen LogP contribution in [0.4, 0.5) is 0 Å². The van der Waals surface area contributed by atoms with Gasteiger partial charge in [0, 0.05) is 19.7 Å². The van der Waals surface area contributed by atoms with Crippen LogP contribution in [0.15, 0.2) is 12.4 Å². The van der Waals surface area contributed by atoms with Crippen LogP contribution in [-0.4, -0.2) is 27.5 Å². The van der Waals surface area contributed by atoms with Crippen LogP contribution >= 0.6 is 0 Å². The van der Waals surface area contributed by atoms with Gasteiger partial charge < -0.3 is 10.8 Å². The fraction of sp³-hybridized carbons (Fsp3) is 0.727. The molecular formula is C11H21N3O. The Balaban J connectivity index is 2.57. The smallest absolute Gasteiger partial charge is 0.0624 e. The largest absolute Gasteiger partial charge is 0.392 e. The van der Waals surface area contributed by atoms with Crippen LogP contribution in [0.1, 0.15) is 19.4 Å². The number of hydrogen-bond donors (Lipinski definition) is 2. The fourth-order valence-electron chi connectivity index (χ4n) is 1.84. The molecule has 4 nitrogen and oxygen atoms in total. The summed E-state index contributed by atoms with van der Waals surface area (Å²) in [5, 5.41) is 14.1. The summed E-state index contributed by atoms with van der Waals surface area (Å²) in [4.78, 5) is 0. The van der Waals surface area contributed by atoms with Gasteiger partial charge in [0.1, 0.15) is 0 Å². The van der Waals surface area contributed by atoms with E-state index in [9.17, 15) is 5.11 Å². The zero-order chi connectivity index (χ0) is 11.4. The number of aryl methyl sites for hydroxylation is 1. The minimum atomic E-state index is -0.376. The van der Waals surface area contributed by atoms with Gasteiger partial charge in [0.25, 0.3) is 0 Å². The number of hydrogen-bond acceptors (Lipinski definition) is 3. The van der Waals surface area contributed by atoms with E-state index in [-0.39, 0.29) is 12.0 Å². The zero-order valence-electron chi connectivity index (χ0n) is 9.72. The highest BCUT2D eigenvalue weighted by Gasteiger charge is 2.21. The van der Waals surface area contributed by atoms with E-state index in [1.807, 2.05) is 13.2 Å². The minimum Gasteiger partial charge on any atom is -0.392 e. The monoisotopic (exact) mass is 211 g/mol. The van der Waals surface area contributed by atoms with Crippen LogP contribution in [0.5, 0.6) is 0 Å². The van der Waals surface area contributed by atoms with Crippen molar-refractivity contribution in [1.29, 1.82) is 0 Å². The second kappa shape index (κ2) is 5.28. The lowest BCUT2D eigenvalue weighted by Crippen LogP contribution is -2.33. The van der Waals surface area contributed by atoms with Crippen molar-refractivity contribution in [2.24, 2.45) is 24.6 Å². The molecule has 15 heavy (non-hydrogen) atoms. The Kier molecular flexibility index (Phi) is 4.29. The van der Waals surface area contributed by atoms with Crippen molar-refractivity contribution in [3.05, 3.63) is 18.0 Å². The van der Waals surface area contributed by atoms with Gasteiger partial charge in [-0.3, -0.25) is 4.68 Å². The van der Waals surface area contributed by atoms with Crippen molar-refractivity contribution in [3.8, 4) is 0 Å². The Morgan fingerprint density at radius 1 is 1.53 bits per heavy atom. The lowest BCUT2D eigenvalue weighted by atomic mass is 9.88. The first-order valence-corrected chi connectivity index (χ1v) is 5.40. The van der Waals surface area contributed by atoms with Crippen molar-refractivity contribution >= 4 is 0 Å². The molecular weight excluding hydrogens is 190 g/mol. The first-order valence-electron chi connectivity index (χ1n) is 5.40. The predicted octanol–water partition coefficient (Wildman–Crippen LogP) is 0.554. The third kappa shape index (κ3) is 3.32. The van der Waals surface area contributed by atoms with Crippen LogP contribution in [0, 0.1) is 11.8 Å². The molecule has 0 radical (unpaired) electrons. The highest BCUT2D eigenvalue weighted by atomic mass is 16.3. The lowest BCUT2D eigenvalue weighted by Gasteiger charge is -2.24. The third-order valence-corrected chi connectivity index (χ3v) is 2.83. The molecule has 1 heterocycles. The molecule has 2 unspecified atom stereocenters. The van der Waals surface area contributed by atoms with Crippen molar-refractivity contribution < 1.29 is 5.11 Å². The highest BCUT2D eigenvalue weighted by molar-refractivity contribution is 5.05. The number of aliphatic hydroxyl groups excluding tert-OH is 1. The van der Waals surface area contributed by atoms with Gasteiger partial charge in [-0.1, -0.05) is 13.8 Å². The summed E-state index contributed by atoms with van der Waals surface area (Å²) >= 11 is 0. The summed E-state index contributed by atoms with van der Waals surface area (Å²) in [7, 11) is 1.87. The SMILES string of the molecule is CC(C)C(CN)C(O)Cc1cnn(C)c1. The molecule has 0 spiro atoms. The fourth-order valence-corrected chi connectivity index (χ4v) is 1.84. The first kappa shape index (κ1) is 12.2. The number of rotatable bonds is 5. The molecule has 0 saturated heterocycles. The van der Waals surface area contributed by atoms with Gasteiger partial charge in [0.2, 0.25) is 0 Å². The summed E-state index contributed by atoms with van der Waals surface area (Å²) in [6.07, 6.45) is 3.97. The summed E-state index contributed by atoms with van der Waals surface area (Å²) in [6, 6.07) is 0. The van der Waals surface area contributed by atoms with Gasteiger partial charge in [-0.2, -0.15) is 5.10 Å². The lowest BCUT2D eigenvalue weighted by molar-refractivity contribution is 0.0863. The molecule has 0 bridgehead atoms. The Morgan fingerprint density at radius 2 is 2.20 bits per heavy atom. The van der Waals surface area contributed by atoms with Gasteiger partial charge in [0.15, 0.2) is 0 Å². The number of nitrogens with zero attached hydrogens (tertiary/aromatic N) is 2. The van der Waals surface area contributed by atoms with Crippen LogP contribution in [0.2, 0.25) is 0 Å². The van der Waals surface area contributed by atoms with Gasteiger partial charge >= 0.3 is 0 Å². The molecule has 0 aromatic carbocycles. The average molecular weight is 211 g/mol. The molecule has 0 saturated carbocycles. The van der Waals surface area contributed by atoms with Crippen LogP contribution < -0.4 is 5.73 Å². The molecule has 86 valence electrons. The quantitative estimate of drug-likeness (QED) is 0.747. The molecule has 1 aromatic rings. The topological polar surface area (TPSA) is 64.1 Å². The molecule has 3 N–H and O–H groups in total. The van der Waals surface area contributed by atoms with Gasteiger partial charge in [-0.15, -0.1) is 0 Å². The summed E-state index contributed by atoms with van der Waals surface area (Å²) in [5.74, 6) is 0.562. The number of nitrogens with two attached hydrogens (primary N) is 1. The van der Waals surface area contributed by atoms with Crippen LogP contribution in [0.3, 0.4) is 0 Å². The Hall–Kier alpha value is -0.870. The van der Waals surface area contributed by atoms with E-state index in [2.05, 4.69) is 18.9 Å². The summed E-state index contributed by atoms with van der Waals surface area (Å²) in [5.41, 5.74) is 6.71. The van der Waals surface area contributed by atoms with E-state index in [4.69, 9.17) is 5.73 Å². The average Bonchev–Trinajstić information content (AvgIpc) is 2.51. The van der Waals surface area contributed by atoms with E-state index in [1.54, 1.807) is 10.9 Å². The number of aromatic nitrogens is 2. The van der Waals surface area contributed by atoms with Crippen molar-refractivity contribution in [3.63, 3.8) is 0 Å². The molecule has 0 aliphatic rings. The standard InChI is InChI=1S/C11H21N3O/c1-8(2)10(5-12)11(15)4-9-6-13-14(3)7-9/h6-8,10-11,15H,4-5,12H2,1-3H3. The Bertz CT molecular complexity index is 296. The third-order valence-electron chi connectivity index (χ3n) is 2.83. The molecule has 1 aromatic heterocycles. The van der Waals surface area contributed by atoms with E-state index in [1.165, 1.54) is 0 Å².